The van der Waals surface area contributed by atoms with Crippen molar-refractivity contribution in [2.24, 2.45) is 0 Å². The molecule has 5 rings (SSSR count). The highest BCUT2D eigenvalue weighted by atomic mass is 16.4. The molecule has 2 fully saturated rings. The van der Waals surface area contributed by atoms with Gasteiger partial charge in [0, 0.05) is 49.5 Å². The molecule has 2 aliphatic rings. The monoisotopic (exact) mass is 404 g/mol. The maximum absolute atomic E-state index is 12.9. The molecule has 1 saturated heterocycles. The average Bonchev–Trinajstić information content (AvgIpc) is 3.56. The number of carbonyl (C=O) groups excluding carboxylic acids is 1. The van der Waals surface area contributed by atoms with Crippen LogP contribution in [0.15, 0.2) is 54.9 Å². The Morgan fingerprint density at radius 3 is 2.53 bits per heavy atom. The van der Waals surface area contributed by atoms with Crippen molar-refractivity contribution in [2.75, 3.05) is 26.2 Å². The van der Waals surface area contributed by atoms with Crippen molar-refractivity contribution in [1.29, 1.82) is 0 Å². The van der Waals surface area contributed by atoms with Crippen LogP contribution in [-0.2, 0) is 0 Å². The van der Waals surface area contributed by atoms with Crippen LogP contribution in [-0.4, -0.2) is 73.9 Å². The zero-order valence-electron chi connectivity index (χ0n) is 16.6. The van der Waals surface area contributed by atoms with E-state index in [2.05, 4.69) is 9.97 Å². The number of piperazine rings is 1. The Bertz CT molecular complexity index is 1070. The third-order valence-electron chi connectivity index (χ3n) is 6.10. The molecule has 1 aliphatic carbocycles. The fourth-order valence-electron chi connectivity index (χ4n) is 4.00. The maximum Gasteiger partial charge on any atom is 0.255 e. The van der Waals surface area contributed by atoms with E-state index >= 15 is 0 Å². The zero-order valence-corrected chi connectivity index (χ0v) is 16.6. The summed E-state index contributed by atoms with van der Waals surface area (Å²) in [6.45, 7) is 2.13. The molecular formula is C23H24N4O3. The van der Waals surface area contributed by atoms with Crippen LogP contribution in [0, 0.1) is 0 Å². The molecule has 7 heteroatoms. The Labute approximate surface area is 174 Å². The number of fused-ring (bicyclic) bond motifs is 1. The minimum absolute atomic E-state index is 0.0592. The number of benzene rings is 1. The first kappa shape index (κ1) is 19.1. The fraction of sp³-hybridized carbons (Fsp3) is 0.348. The number of pyridine rings is 2. The Balaban J connectivity index is 1.25. The first-order valence-corrected chi connectivity index (χ1v) is 10.3. The smallest absolute Gasteiger partial charge is 0.255 e. The highest BCUT2D eigenvalue weighted by molar-refractivity contribution is 5.94. The molecule has 2 aromatic heterocycles. The van der Waals surface area contributed by atoms with Crippen molar-refractivity contribution in [3.8, 4) is 11.3 Å². The van der Waals surface area contributed by atoms with E-state index in [1.165, 1.54) is 0 Å². The van der Waals surface area contributed by atoms with Crippen LogP contribution < -0.4 is 0 Å². The van der Waals surface area contributed by atoms with E-state index in [0.717, 1.165) is 22.2 Å². The van der Waals surface area contributed by atoms with Gasteiger partial charge in [0.25, 0.3) is 5.91 Å². The van der Waals surface area contributed by atoms with Crippen LogP contribution >= 0.6 is 0 Å². The third kappa shape index (κ3) is 3.56. The zero-order chi connectivity index (χ0) is 20.7. The molecular weight excluding hydrogens is 380 g/mol. The lowest BCUT2D eigenvalue weighted by atomic mass is 10.1. The van der Waals surface area contributed by atoms with Crippen LogP contribution in [0.4, 0.5) is 0 Å². The van der Waals surface area contributed by atoms with E-state index in [1.807, 2.05) is 47.4 Å². The van der Waals surface area contributed by atoms with Crippen LogP contribution in [0.3, 0.4) is 0 Å². The molecule has 0 spiro atoms. The molecule has 0 bridgehead atoms. The van der Waals surface area contributed by atoms with E-state index in [1.54, 1.807) is 17.3 Å². The van der Waals surface area contributed by atoms with Gasteiger partial charge in [-0.3, -0.25) is 19.7 Å². The van der Waals surface area contributed by atoms with Gasteiger partial charge in [-0.15, -0.1) is 0 Å². The predicted octanol–water partition coefficient (Wildman–Crippen LogP) is 1.90. The lowest BCUT2D eigenvalue weighted by Gasteiger charge is -2.38. The Kier molecular flexibility index (Phi) is 4.73. The van der Waals surface area contributed by atoms with Crippen molar-refractivity contribution in [2.45, 2.75) is 24.7 Å². The molecule has 1 aromatic carbocycles. The minimum atomic E-state index is -0.954. The van der Waals surface area contributed by atoms with E-state index < -0.39 is 11.8 Å². The standard InChI is InChI=1S/C23H24N4O3/c28-21(26-10-12-27(13-11-26)22(29)23(30)7-8-23)18-4-6-20(25-15-18)17-3-5-19-16(14-17)2-1-9-24-19/h1-6,9,14-15,22,29-30H,7-8,10-13H2. The number of carbonyl (C=O) groups is 1. The molecule has 7 nitrogen and oxygen atoms in total. The van der Waals surface area contributed by atoms with Gasteiger partial charge in [-0.25, -0.2) is 0 Å². The minimum Gasteiger partial charge on any atom is -0.386 e. The number of aromatic nitrogens is 2. The molecule has 154 valence electrons. The topological polar surface area (TPSA) is 89.8 Å². The highest BCUT2D eigenvalue weighted by Crippen LogP contribution is 2.39. The summed E-state index contributed by atoms with van der Waals surface area (Å²) in [6, 6.07) is 13.6. The predicted molar refractivity (Wildman–Crippen MR) is 113 cm³/mol. The number of hydrogen-bond donors (Lipinski definition) is 2. The number of hydrogen-bond acceptors (Lipinski definition) is 6. The summed E-state index contributed by atoms with van der Waals surface area (Å²) in [5, 5.41) is 21.4. The number of rotatable bonds is 4. The lowest BCUT2D eigenvalue weighted by Crippen LogP contribution is -2.55. The summed E-state index contributed by atoms with van der Waals surface area (Å²) in [6.07, 6.45) is 3.83. The first-order chi connectivity index (χ1) is 14.5. The van der Waals surface area contributed by atoms with Crippen molar-refractivity contribution in [1.82, 2.24) is 19.8 Å². The van der Waals surface area contributed by atoms with Crippen LogP contribution in [0.1, 0.15) is 23.2 Å². The van der Waals surface area contributed by atoms with E-state index in [9.17, 15) is 15.0 Å². The quantitative estimate of drug-likeness (QED) is 0.690. The SMILES string of the molecule is O=C(c1ccc(-c2ccc3ncccc3c2)nc1)N1CCN(C(O)C2(O)CC2)CC1. The van der Waals surface area contributed by atoms with Gasteiger partial charge in [0.15, 0.2) is 0 Å². The van der Waals surface area contributed by atoms with Crippen LogP contribution in [0.25, 0.3) is 22.2 Å². The molecule has 0 radical (unpaired) electrons. The second kappa shape index (κ2) is 7.43. The van der Waals surface area contributed by atoms with Crippen molar-refractivity contribution in [3.05, 3.63) is 60.4 Å². The normalized spacial score (nSPS) is 19.6. The van der Waals surface area contributed by atoms with Crippen molar-refractivity contribution in [3.63, 3.8) is 0 Å². The molecule has 1 atom stereocenters. The summed E-state index contributed by atoms with van der Waals surface area (Å²) in [5.41, 5.74) is 2.32. The van der Waals surface area contributed by atoms with Gasteiger partial charge in [-0.1, -0.05) is 12.1 Å². The van der Waals surface area contributed by atoms with Gasteiger partial charge < -0.3 is 15.1 Å². The van der Waals surface area contributed by atoms with Crippen molar-refractivity contribution >= 4 is 16.8 Å². The third-order valence-corrected chi connectivity index (χ3v) is 6.10. The first-order valence-electron chi connectivity index (χ1n) is 10.3. The molecule has 1 saturated carbocycles. The number of nitrogens with zero attached hydrogens (tertiary/aromatic N) is 4. The van der Waals surface area contributed by atoms with Crippen LogP contribution in [0.2, 0.25) is 0 Å². The van der Waals surface area contributed by atoms with Gasteiger partial charge in [0.1, 0.15) is 11.8 Å². The van der Waals surface area contributed by atoms with Gasteiger partial charge >= 0.3 is 0 Å². The Morgan fingerprint density at radius 1 is 1.03 bits per heavy atom. The van der Waals surface area contributed by atoms with Gasteiger partial charge in [-0.2, -0.15) is 0 Å². The van der Waals surface area contributed by atoms with E-state index in [4.69, 9.17) is 0 Å². The highest BCUT2D eigenvalue weighted by Gasteiger charge is 2.50. The summed E-state index contributed by atoms with van der Waals surface area (Å²) >= 11 is 0. The second-order valence-corrected chi connectivity index (χ2v) is 8.15. The summed E-state index contributed by atoms with van der Waals surface area (Å²) in [5.74, 6) is -0.0592. The molecule has 1 amide bonds. The number of aliphatic hydroxyl groups is 2. The van der Waals surface area contributed by atoms with E-state index in [-0.39, 0.29) is 5.91 Å². The Morgan fingerprint density at radius 2 is 1.83 bits per heavy atom. The molecule has 3 aromatic rings. The van der Waals surface area contributed by atoms with E-state index in [0.29, 0.717) is 44.6 Å². The van der Waals surface area contributed by atoms with Gasteiger partial charge in [-0.05, 0) is 43.2 Å². The Hall–Kier alpha value is -2.87. The second-order valence-electron chi connectivity index (χ2n) is 8.15. The molecule has 30 heavy (non-hydrogen) atoms. The molecule has 1 unspecified atom stereocenters. The number of aliphatic hydroxyl groups excluding tert-OH is 1. The summed E-state index contributed by atoms with van der Waals surface area (Å²) in [4.78, 5) is 25.3. The summed E-state index contributed by atoms with van der Waals surface area (Å²) in [7, 11) is 0. The lowest BCUT2D eigenvalue weighted by molar-refractivity contribution is -0.108. The summed E-state index contributed by atoms with van der Waals surface area (Å²) < 4.78 is 0. The average molecular weight is 404 g/mol. The van der Waals surface area contributed by atoms with Gasteiger partial charge in [0.05, 0.1) is 16.8 Å². The fourth-order valence-corrected chi connectivity index (χ4v) is 4.00. The van der Waals surface area contributed by atoms with Crippen LogP contribution in [0.5, 0.6) is 0 Å². The molecule has 2 N–H and O–H groups in total. The molecule has 1 aliphatic heterocycles. The largest absolute Gasteiger partial charge is 0.386 e. The number of amides is 1. The molecule has 3 heterocycles. The maximum atomic E-state index is 12.9. The van der Waals surface area contributed by atoms with Gasteiger partial charge in [0.2, 0.25) is 0 Å². The van der Waals surface area contributed by atoms with Crippen molar-refractivity contribution < 1.29 is 15.0 Å².